The first-order chi connectivity index (χ1) is 16.6. The summed E-state index contributed by atoms with van der Waals surface area (Å²) in [6, 6.07) is 16.4. The fourth-order valence-electron chi connectivity index (χ4n) is 3.73. The molecule has 0 heterocycles. The van der Waals surface area contributed by atoms with Crippen molar-refractivity contribution >= 4 is 44.8 Å². The normalized spacial score (nSPS) is 12.2. The number of nitrogens with one attached hydrogen (secondary N) is 1. The Labute approximate surface area is 216 Å². The summed E-state index contributed by atoms with van der Waals surface area (Å²) < 4.78 is 33.5. The van der Waals surface area contributed by atoms with Gasteiger partial charge in [0, 0.05) is 0 Å². The molecule has 0 aromatic heterocycles. The molecule has 3 rings (SSSR count). The van der Waals surface area contributed by atoms with Crippen LogP contribution in [0.5, 0.6) is 5.75 Å². The van der Waals surface area contributed by atoms with Crippen LogP contribution in [0.3, 0.4) is 0 Å². The summed E-state index contributed by atoms with van der Waals surface area (Å²) in [6.07, 6.45) is 0.611. The number of amides is 1. The number of aryl methyl sites for hydroxylation is 2. The molecule has 0 saturated carbocycles. The second kappa shape index (κ2) is 11.3. The third kappa shape index (κ3) is 6.10. The van der Waals surface area contributed by atoms with Gasteiger partial charge in [0.15, 0.2) is 0 Å². The fraction of sp³-hybridized carbons (Fsp3) is 0.269. The third-order valence-corrected chi connectivity index (χ3v) is 8.24. The molecule has 0 radical (unpaired) electrons. The highest BCUT2D eigenvalue weighted by Crippen LogP contribution is 2.35. The molecule has 0 aliphatic rings. The van der Waals surface area contributed by atoms with E-state index in [-0.39, 0.29) is 26.7 Å². The molecule has 1 N–H and O–H groups in total. The highest BCUT2D eigenvalue weighted by Gasteiger charge is 2.30. The molecule has 35 heavy (non-hydrogen) atoms. The van der Waals surface area contributed by atoms with E-state index in [0.29, 0.717) is 6.42 Å². The number of nitrogens with zero attached hydrogens (tertiary/aromatic N) is 1. The van der Waals surface area contributed by atoms with Crippen molar-refractivity contribution in [1.82, 2.24) is 5.32 Å². The van der Waals surface area contributed by atoms with Gasteiger partial charge in [0.25, 0.3) is 10.0 Å². The van der Waals surface area contributed by atoms with Crippen LogP contribution in [0, 0.1) is 13.8 Å². The molecule has 6 nitrogen and oxygen atoms in total. The second-order valence-corrected chi connectivity index (χ2v) is 10.8. The zero-order valence-electron chi connectivity index (χ0n) is 20.0. The van der Waals surface area contributed by atoms with Crippen molar-refractivity contribution in [3.8, 4) is 5.75 Å². The maximum absolute atomic E-state index is 13.6. The molecule has 0 aliphatic carbocycles. The number of sulfonamides is 1. The van der Waals surface area contributed by atoms with Gasteiger partial charge in [0.1, 0.15) is 12.3 Å². The fourth-order valence-corrected chi connectivity index (χ4v) is 5.61. The van der Waals surface area contributed by atoms with E-state index in [1.807, 2.05) is 39.0 Å². The van der Waals surface area contributed by atoms with E-state index >= 15 is 0 Å². The van der Waals surface area contributed by atoms with Gasteiger partial charge in [0.2, 0.25) is 5.91 Å². The number of rotatable bonds is 9. The van der Waals surface area contributed by atoms with E-state index in [4.69, 9.17) is 27.9 Å². The summed E-state index contributed by atoms with van der Waals surface area (Å²) in [4.78, 5) is 13.2. The summed E-state index contributed by atoms with van der Waals surface area (Å²) in [5, 5.41) is 3.19. The first kappa shape index (κ1) is 26.9. The third-order valence-electron chi connectivity index (χ3n) is 5.66. The van der Waals surface area contributed by atoms with Crippen LogP contribution in [0.15, 0.2) is 65.6 Å². The standard InChI is InChI=1S/C26H28Cl2N2O4S/c1-5-22(19-11-14-24(34-4)18(3)15-19)29-25(31)16-30(23-8-6-7-21(27)26(23)28)35(32,33)20-12-9-17(2)10-13-20/h6-15,22H,5,16H2,1-4H3,(H,29,31)/t22-/m1/s1. The van der Waals surface area contributed by atoms with Gasteiger partial charge in [-0.15, -0.1) is 0 Å². The predicted molar refractivity (Wildman–Crippen MR) is 141 cm³/mol. The number of halogens is 2. The van der Waals surface area contributed by atoms with Gasteiger partial charge in [-0.25, -0.2) is 8.42 Å². The summed E-state index contributed by atoms with van der Waals surface area (Å²) in [5.41, 5.74) is 2.87. The van der Waals surface area contributed by atoms with Crippen molar-refractivity contribution in [2.75, 3.05) is 18.0 Å². The van der Waals surface area contributed by atoms with E-state index in [1.54, 1.807) is 31.4 Å². The lowest BCUT2D eigenvalue weighted by molar-refractivity contribution is -0.120. The number of carbonyl (C=O) groups excluding carboxylic acids is 1. The van der Waals surface area contributed by atoms with Crippen molar-refractivity contribution in [1.29, 1.82) is 0 Å². The molecule has 1 atom stereocenters. The van der Waals surface area contributed by atoms with Crippen LogP contribution in [0.4, 0.5) is 5.69 Å². The van der Waals surface area contributed by atoms with Crippen molar-refractivity contribution in [3.05, 3.63) is 87.4 Å². The van der Waals surface area contributed by atoms with Gasteiger partial charge in [-0.05, 0) is 61.7 Å². The molecule has 186 valence electrons. The van der Waals surface area contributed by atoms with Crippen LogP contribution in [0.25, 0.3) is 0 Å². The molecule has 0 unspecified atom stereocenters. The summed E-state index contributed by atoms with van der Waals surface area (Å²) in [6.45, 7) is 5.26. The predicted octanol–water partition coefficient (Wildman–Crippen LogP) is 6.08. The number of hydrogen-bond donors (Lipinski definition) is 1. The van der Waals surface area contributed by atoms with Gasteiger partial charge in [0.05, 0.1) is 33.8 Å². The quantitative estimate of drug-likeness (QED) is 0.360. The smallest absolute Gasteiger partial charge is 0.264 e. The number of carbonyl (C=O) groups is 1. The van der Waals surface area contributed by atoms with Gasteiger partial charge >= 0.3 is 0 Å². The van der Waals surface area contributed by atoms with Gasteiger partial charge in [-0.3, -0.25) is 9.10 Å². The maximum Gasteiger partial charge on any atom is 0.264 e. The number of ether oxygens (including phenoxy) is 1. The molecule has 0 fully saturated rings. The number of benzene rings is 3. The molecular formula is C26H28Cl2N2O4S. The number of hydrogen-bond acceptors (Lipinski definition) is 4. The summed E-state index contributed by atoms with van der Waals surface area (Å²) >= 11 is 12.6. The van der Waals surface area contributed by atoms with E-state index < -0.39 is 22.5 Å². The lowest BCUT2D eigenvalue weighted by atomic mass is 10.0. The van der Waals surface area contributed by atoms with Gasteiger partial charge in [-0.1, -0.05) is 66.0 Å². The van der Waals surface area contributed by atoms with E-state index in [1.165, 1.54) is 18.2 Å². The second-order valence-electron chi connectivity index (χ2n) is 8.16. The average molecular weight is 535 g/mol. The zero-order chi connectivity index (χ0) is 25.8. The molecule has 0 spiro atoms. The Hall–Kier alpha value is -2.74. The Balaban J connectivity index is 1.95. The molecule has 3 aromatic carbocycles. The molecular weight excluding hydrogens is 507 g/mol. The summed E-state index contributed by atoms with van der Waals surface area (Å²) in [7, 11) is -2.51. The van der Waals surface area contributed by atoms with Crippen molar-refractivity contribution < 1.29 is 17.9 Å². The minimum atomic E-state index is -4.12. The monoisotopic (exact) mass is 534 g/mol. The highest BCUT2D eigenvalue weighted by molar-refractivity contribution is 7.92. The van der Waals surface area contributed by atoms with Crippen molar-refractivity contribution in [2.45, 2.75) is 38.1 Å². The van der Waals surface area contributed by atoms with Crippen LogP contribution in [-0.4, -0.2) is 28.0 Å². The van der Waals surface area contributed by atoms with E-state index in [0.717, 1.165) is 26.7 Å². The van der Waals surface area contributed by atoms with E-state index in [9.17, 15) is 13.2 Å². The first-order valence-electron chi connectivity index (χ1n) is 11.1. The molecule has 3 aromatic rings. The van der Waals surface area contributed by atoms with Gasteiger partial charge in [-0.2, -0.15) is 0 Å². The zero-order valence-corrected chi connectivity index (χ0v) is 22.3. The van der Waals surface area contributed by atoms with Crippen LogP contribution in [-0.2, 0) is 14.8 Å². The Kier molecular flexibility index (Phi) is 8.70. The molecule has 0 aliphatic heterocycles. The number of methoxy groups -OCH3 is 1. The van der Waals surface area contributed by atoms with Crippen LogP contribution < -0.4 is 14.4 Å². The molecule has 1 amide bonds. The lowest BCUT2D eigenvalue weighted by Crippen LogP contribution is -2.42. The van der Waals surface area contributed by atoms with Gasteiger partial charge < -0.3 is 10.1 Å². The largest absolute Gasteiger partial charge is 0.496 e. The molecule has 9 heteroatoms. The lowest BCUT2D eigenvalue weighted by Gasteiger charge is -2.27. The Morgan fingerprint density at radius 3 is 2.34 bits per heavy atom. The topological polar surface area (TPSA) is 75.7 Å². The van der Waals surface area contributed by atoms with Crippen molar-refractivity contribution in [2.24, 2.45) is 0 Å². The van der Waals surface area contributed by atoms with Crippen LogP contribution in [0.2, 0.25) is 10.0 Å². The molecule has 0 bridgehead atoms. The highest BCUT2D eigenvalue weighted by atomic mass is 35.5. The first-order valence-corrected chi connectivity index (χ1v) is 13.2. The number of anilines is 1. The Bertz CT molecular complexity index is 1310. The Morgan fingerprint density at radius 2 is 1.74 bits per heavy atom. The minimum Gasteiger partial charge on any atom is -0.496 e. The maximum atomic E-state index is 13.6. The minimum absolute atomic E-state index is 0.0461. The van der Waals surface area contributed by atoms with Crippen LogP contribution in [0.1, 0.15) is 36.1 Å². The SMILES string of the molecule is CC[C@@H](NC(=O)CN(c1cccc(Cl)c1Cl)S(=O)(=O)c1ccc(C)cc1)c1ccc(OC)c(C)c1. The molecule has 0 saturated heterocycles. The Morgan fingerprint density at radius 1 is 1.06 bits per heavy atom. The summed E-state index contributed by atoms with van der Waals surface area (Å²) in [5.74, 6) is 0.276. The van der Waals surface area contributed by atoms with Crippen LogP contribution >= 0.6 is 23.2 Å². The van der Waals surface area contributed by atoms with Crippen molar-refractivity contribution in [3.63, 3.8) is 0 Å². The van der Waals surface area contributed by atoms with E-state index in [2.05, 4.69) is 5.32 Å². The average Bonchev–Trinajstić information content (AvgIpc) is 2.83.